The summed E-state index contributed by atoms with van der Waals surface area (Å²) < 4.78 is 16.4. The van der Waals surface area contributed by atoms with Crippen LogP contribution in [-0.4, -0.2) is 69.1 Å². The van der Waals surface area contributed by atoms with Crippen molar-refractivity contribution in [3.05, 3.63) is 23.8 Å². The van der Waals surface area contributed by atoms with Gasteiger partial charge in [-0.2, -0.15) is 0 Å². The molecule has 0 spiro atoms. The van der Waals surface area contributed by atoms with Crippen LogP contribution in [0.1, 0.15) is 53.0 Å². The van der Waals surface area contributed by atoms with Crippen molar-refractivity contribution in [2.75, 3.05) is 41.0 Å². The van der Waals surface area contributed by atoms with E-state index in [-0.39, 0.29) is 18.4 Å². The van der Waals surface area contributed by atoms with Gasteiger partial charge in [0.2, 0.25) is 5.91 Å². The molecule has 1 aromatic rings. The van der Waals surface area contributed by atoms with E-state index in [0.29, 0.717) is 31.3 Å². The molecule has 0 aromatic heterocycles. The van der Waals surface area contributed by atoms with Crippen LogP contribution in [0.5, 0.6) is 11.5 Å². The zero-order chi connectivity index (χ0) is 25.2. The number of nitrogens with zero attached hydrogens (tertiary/aromatic N) is 1. The average molecular weight is 467 g/mol. The van der Waals surface area contributed by atoms with Crippen LogP contribution in [0.3, 0.4) is 0 Å². The number of methoxy groups -OCH3 is 2. The second-order valence-corrected chi connectivity index (χ2v) is 10.3. The lowest BCUT2D eigenvalue weighted by Gasteiger charge is -2.31. The Kier molecular flexibility index (Phi) is 12.2. The highest BCUT2D eigenvalue weighted by molar-refractivity contribution is 5.81. The molecule has 0 heterocycles. The number of aliphatic hydroxyl groups excluding tert-OH is 1. The Morgan fingerprint density at radius 2 is 1.82 bits per heavy atom. The van der Waals surface area contributed by atoms with Crippen LogP contribution in [0, 0.1) is 17.3 Å². The fourth-order valence-corrected chi connectivity index (χ4v) is 3.82. The number of carbonyl (C=O) groups is 1. The van der Waals surface area contributed by atoms with Gasteiger partial charge >= 0.3 is 0 Å². The van der Waals surface area contributed by atoms with Crippen LogP contribution in [-0.2, 0) is 16.0 Å². The van der Waals surface area contributed by atoms with Gasteiger partial charge in [-0.05, 0) is 42.4 Å². The molecule has 0 aliphatic rings. The van der Waals surface area contributed by atoms with Gasteiger partial charge in [0.25, 0.3) is 0 Å². The smallest absolute Gasteiger partial charge is 0.227 e. The van der Waals surface area contributed by atoms with Crippen molar-refractivity contribution < 1.29 is 24.1 Å². The third kappa shape index (κ3) is 9.90. The molecule has 7 nitrogen and oxygen atoms in total. The zero-order valence-electron chi connectivity index (χ0n) is 21.9. The minimum absolute atomic E-state index is 0.00887. The van der Waals surface area contributed by atoms with Crippen molar-refractivity contribution in [1.29, 1.82) is 0 Å². The molecule has 1 rings (SSSR count). The van der Waals surface area contributed by atoms with Crippen molar-refractivity contribution >= 4 is 5.91 Å². The summed E-state index contributed by atoms with van der Waals surface area (Å²) in [5.41, 5.74) is 7.04. The Bertz CT molecular complexity index is 717. The summed E-state index contributed by atoms with van der Waals surface area (Å²) in [7, 11) is 5.03. The molecule has 0 aliphatic heterocycles. The maximum absolute atomic E-state index is 12.4. The second kappa shape index (κ2) is 13.8. The number of aliphatic hydroxyl groups is 1. The largest absolute Gasteiger partial charge is 0.493 e. The Labute approximate surface area is 200 Å². The Morgan fingerprint density at radius 1 is 1.15 bits per heavy atom. The highest BCUT2D eigenvalue weighted by Gasteiger charge is 2.29. The lowest BCUT2D eigenvalue weighted by molar-refractivity contribution is -0.139. The van der Waals surface area contributed by atoms with E-state index >= 15 is 0 Å². The molecular weight excluding hydrogens is 420 g/mol. The first-order valence-electron chi connectivity index (χ1n) is 11.9. The maximum atomic E-state index is 12.4. The topological polar surface area (TPSA) is 94.3 Å². The number of nitrogens with two attached hydrogens (primary N) is 1. The van der Waals surface area contributed by atoms with Crippen LogP contribution in [0.25, 0.3) is 0 Å². The third-order valence-electron chi connectivity index (χ3n) is 5.94. The number of likely N-dealkylation sites (N-methyl/N-ethyl adjacent to an activating group) is 1. The van der Waals surface area contributed by atoms with Crippen LogP contribution >= 0.6 is 0 Å². The van der Waals surface area contributed by atoms with Crippen molar-refractivity contribution in [2.45, 2.75) is 66.0 Å². The fraction of sp³-hybridized carbons (Fsp3) is 0.731. The van der Waals surface area contributed by atoms with Crippen molar-refractivity contribution in [2.24, 2.45) is 23.0 Å². The van der Waals surface area contributed by atoms with Gasteiger partial charge in [-0.3, -0.25) is 4.79 Å². The number of hydrogen-bond donors (Lipinski definition) is 2. The fourth-order valence-electron chi connectivity index (χ4n) is 3.82. The lowest BCUT2D eigenvalue weighted by Crippen LogP contribution is -2.47. The number of hydrogen-bond acceptors (Lipinski definition) is 6. The van der Waals surface area contributed by atoms with E-state index in [0.717, 1.165) is 24.2 Å². The number of carbonyl (C=O) groups excluding carboxylic acids is 1. The summed E-state index contributed by atoms with van der Waals surface area (Å²) in [4.78, 5) is 14.0. The molecule has 1 aromatic carbocycles. The van der Waals surface area contributed by atoms with Crippen molar-refractivity contribution in [3.8, 4) is 11.5 Å². The van der Waals surface area contributed by atoms with Crippen molar-refractivity contribution in [3.63, 3.8) is 0 Å². The SMILES string of the molecule is COCCCOc1cc(CC(CC(N)C(O)CN(C)C(=O)C(C)(C)C)C(C)C)ccc1OC. The lowest BCUT2D eigenvalue weighted by atomic mass is 9.83. The molecule has 3 unspecified atom stereocenters. The van der Waals surface area contributed by atoms with Gasteiger partial charge in [0.05, 0.1) is 19.8 Å². The summed E-state index contributed by atoms with van der Waals surface area (Å²) in [5, 5.41) is 10.7. The highest BCUT2D eigenvalue weighted by atomic mass is 16.5. The molecule has 0 radical (unpaired) electrons. The Balaban J connectivity index is 2.82. The van der Waals surface area contributed by atoms with Gasteiger partial charge in [0.1, 0.15) is 0 Å². The van der Waals surface area contributed by atoms with E-state index in [1.807, 2.05) is 39.0 Å². The molecular formula is C26H46N2O5. The Morgan fingerprint density at radius 3 is 2.36 bits per heavy atom. The third-order valence-corrected chi connectivity index (χ3v) is 5.94. The standard InChI is InChI=1S/C26H46N2O5/c1-18(2)20(16-21(27)22(29)17-28(6)25(30)26(3,4)5)14-19-10-11-23(32-8)24(15-19)33-13-9-12-31-7/h10-11,15,18,20-22,29H,9,12-14,16-17,27H2,1-8H3. The molecule has 1 amide bonds. The summed E-state index contributed by atoms with van der Waals surface area (Å²) in [6.07, 6.45) is 1.50. The van der Waals surface area contributed by atoms with E-state index in [9.17, 15) is 9.90 Å². The molecule has 0 saturated carbocycles. The first-order chi connectivity index (χ1) is 15.4. The normalized spacial score (nSPS) is 14.6. The minimum atomic E-state index is -0.780. The molecule has 33 heavy (non-hydrogen) atoms. The summed E-state index contributed by atoms with van der Waals surface area (Å²) in [6.45, 7) is 11.4. The summed E-state index contributed by atoms with van der Waals surface area (Å²) in [5.74, 6) is 2.07. The van der Waals surface area contributed by atoms with Crippen LogP contribution in [0.15, 0.2) is 18.2 Å². The summed E-state index contributed by atoms with van der Waals surface area (Å²) >= 11 is 0. The average Bonchev–Trinajstić information content (AvgIpc) is 2.74. The van der Waals surface area contributed by atoms with Gasteiger partial charge in [-0.1, -0.05) is 40.7 Å². The number of benzene rings is 1. The van der Waals surface area contributed by atoms with E-state index in [1.165, 1.54) is 0 Å². The van der Waals surface area contributed by atoms with Crippen molar-refractivity contribution in [1.82, 2.24) is 4.90 Å². The predicted octanol–water partition coefficient (Wildman–Crippen LogP) is 3.51. The van der Waals surface area contributed by atoms with Gasteiger partial charge in [-0.25, -0.2) is 0 Å². The molecule has 3 atom stereocenters. The second-order valence-electron chi connectivity index (χ2n) is 10.3. The molecule has 190 valence electrons. The molecule has 0 bridgehead atoms. The van der Waals surface area contributed by atoms with E-state index < -0.39 is 17.6 Å². The molecule has 0 fully saturated rings. The highest BCUT2D eigenvalue weighted by Crippen LogP contribution is 2.31. The van der Waals surface area contributed by atoms with Crippen LogP contribution < -0.4 is 15.2 Å². The van der Waals surface area contributed by atoms with Gasteiger partial charge in [0, 0.05) is 45.2 Å². The first-order valence-corrected chi connectivity index (χ1v) is 11.9. The zero-order valence-corrected chi connectivity index (χ0v) is 21.9. The Hall–Kier alpha value is -1.83. The van der Waals surface area contributed by atoms with Gasteiger partial charge in [-0.15, -0.1) is 0 Å². The number of ether oxygens (including phenoxy) is 3. The molecule has 0 saturated heterocycles. The summed E-state index contributed by atoms with van der Waals surface area (Å²) in [6, 6.07) is 5.59. The van der Waals surface area contributed by atoms with Gasteiger partial charge < -0.3 is 30.0 Å². The van der Waals surface area contributed by atoms with Crippen LogP contribution in [0.4, 0.5) is 0 Å². The maximum Gasteiger partial charge on any atom is 0.227 e. The molecule has 7 heteroatoms. The van der Waals surface area contributed by atoms with E-state index in [4.69, 9.17) is 19.9 Å². The van der Waals surface area contributed by atoms with E-state index in [2.05, 4.69) is 13.8 Å². The van der Waals surface area contributed by atoms with E-state index in [1.54, 1.807) is 26.2 Å². The predicted molar refractivity (Wildman–Crippen MR) is 133 cm³/mol. The number of amides is 1. The van der Waals surface area contributed by atoms with Gasteiger partial charge in [0.15, 0.2) is 11.5 Å². The molecule has 3 N–H and O–H groups in total. The molecule has 0 aliphatic carbocycles. The minimum Gasteiger partial charge on any atom is -0.493 e. The monoisotopic (exact) mass is 466 g/mol. The number of rotatable bonds is 14. The first kappa shape index (κ1) is 29.2. The van der Waals surface area contributed by atoms with Crippen LogP contribution in [0.2, 0.25) is 0 Å². The quantitative estimate of drug-likeness (QED) is 0.408.